The van der Waals surface area contributed by atoms with E-state index in [1.165, 1.54) is 32.0 Å². The Morgan fingerprint density at radius 2 is 1.76 bits per heavy atom. The van der Waals surface area contributed by atoms with Gasteiger partial charge >= 0.3 is 6.36 Å². The zero-order valence-corrected chi connectivity index (χ0v) is 20.4. The number of allylic oxidation sites excluding steroid dienone is 1. The summed E-state index contributed by atoms with van der Waals surface area (Å²) in [7, 11) is 0. The van der Waals surface area contributed by atoms with Crippen molar-refractivity contribution in [2.75, 3.05) is 22.1 Å². The van der Waals surface area contributed by atoms with Crippen molar-refractivity contribution < 1.29 is 27.5 Å². The van der Waals surface area contributed by atoms with Gasteiger partial charge in [0.2, 0.25) is 11.8 Å². The van der Waals surface area contributed by atoms with E-state index >= 15 is 0 Å². The predicted molar refractivity (Wildman–Crippen MR) is 137 cm³/mol. The molecule has 192 valence electrons. The van der Waals surface area contributed by atoms with Gasteiger partial charge in [-0.2, -0.15) is 0 Å². The highest BCUT2D eigenvalue weighted by Gasteiger charge is 2.33. The second-order valence-electron chi connectivity index (χ2n) is 8.78. The highest BCUT2D eigenvalue weighted by molar-refractivity contribution is 5.97. The predicted octanol–water partition coefficient (Wildman–Crippen LogP) is 6.68. The third kappa shape index (κ3) is 6.11. The number of hydrogen-bond donors (Lipinski definition) is 2. The van der Waals surface area contributed by atoms with Gasteiger partial charge in [-0.1, -0.05) is 36.9 Å². The molecule has 1 aliphatic heterocycles. The molecule has 1 heterocycles. The van der Waals surface area contributed by atoms with E-state index in [1.807, 2.05) is 36.4 Å². The van der Waals surface area contributed by atoms with Crippen molar-refractivity contribution in [2.45, 2.75) is 32.5 Å². The fourth-order valence-electron chi connectivity index (χ4n) is 4.53. The Kier molecular flexibility index (Phi) is 7.24. The molecule has 0 unspecified atom stereocenters. The number of fused-ring (bicyclic) bond motifs is 1. The molecule has 0 bridgehead atoms. The number of carbonyl (C=O) groups excluding carboxylic acids is 2. The molecular weight excluding hydrogens is 483 g/mol. The second kappa shape index (κ2) is 10.4. The van der Waals surface area contributed by atoms with E-state index in [0.717, 1.165) is 16.7 Å². The van der Waals surface area contributed by atoms with E-state index < -0.39 is 6.36 Å². The number of amides is 2. The van der Waals surface area contributed by atoms with Gasteiger partial charge in [-0.25, -0.2) is 0 Å². The SMILES string of the molecule is C=C1C[C@@H](CNc2ccccc2OC(F)(F)F)c2cc(-c3cccc(NC(C)=O)c3)ccc2N1C(C)=O. The van der Waals surface area contributed by atoms with Crippen LogP contribution in [-0.2, 0) is 9.59 Å². The number of halogens is 3. The highest BCUT2D eigenvalue weighted by atomic mass is 19.4. The fourth-order valence-corrected chi connectivity index (χ4v) is 4.53. The number of hydrogen-bond acceptors (Lipinski definition) is 4. The molecule has 2 N–H and O–H groups in total. The Morgan fingerprint density at radius 3 is 2.46 bits per heavy atom. The van der Waals surface area contributed by atoms with Crippen LogP contribution in [0.3, 0.4) is 0 Å². The van der Waals surface area contributed by atoms with E-state index in [1.54, 1.807) is 17.0 Å². The van der Waals surface area contributed by atoms with Crippen molar-refractivity contribution in [3.63, 3.8) is 0 Å². The number of nitrogens with one attached hydrogen (secondary N) is 2. The maximum absolute atomic E-state index is 12.9. The zero-order valence-electron chi connectivity index (χ0n) is 20.4. The van der Waals surface area contributed by atoms with Crippen LogP contribution >= 0.6 is 0 Å². The van der Waals surface area contributed by atoms with E-state index in [-0.39, 0.29) is 35.7 Å². The van der Waals surface area contributed by atoms with Crippen LogP contribution in [0.1, 0.15) is 31.7 Å². The summed E-state index contributed by atoms with van der Waals surface area (Å²) < 4.78 is 42.8. The number of carbonyl (C=O) groups is 2. The minimum Gasteiger partial charge on any atom is -0.404 e. The lowest BCUT2D eigenvalue weighted by Crippen LogP contribution is -2.34. The van der Waals surface area contributed by atoms with Crippen molar-refractivity contribution in [1.29, 1.82) is 0 Å². The van der Waals surface area contributed by atoms with Crippen molar-refractivity contribution >= 4 is 28.9 Å². The molecule has 0 aliphatic carbocycles. The summed E-state index contributed by atoms with van der Waals surface area (Å²) in [5, 5.41) is 5.85. The molecule has 0 fully saturated rings. The minimum absolute atomic E-state index is 0.179. The molecule has 0 saturated carbocycles. The van der Waals surface area contributed by atoms with Crippen LogP contribution in [0.4, 0.5) is 30.2 Å². The first-order chi connectivity index (χ1) is 17.5. The molecular formula is C28H26F3N3O3. The fraction of sp³-hybridized carbons (Fsp3) is 0.214. The molecule has 0 spiro atoms. The van der Waals surface area contributed by atoms with Crippen LogP contribution < -0.4 is 20.3 Å². The maximum Gasteiger partial charge on any atom is 0.573 e. The van der Waals surface area contributed by atoms with Crippen LogP contribution in [0.15, 0.2) is 79.0 Å². The second-order valence-corrected chi connectivity index (χ2v) is 8.78. The molecule has 9 heteroatoms. The van der Waals surface area contributed by atoms with Gasteiger partial charge in [-0.05, 0) is 59.5 Å². The summed E-state index contributed by atoms with van der Waals surface area (Å²) in [4.78, 5) is 25.5. The molecule has 0 saturated heterocycles. The zero-order chi connectivity index (χ0) is 26.7. The van der Waals surface area contributed by atoms with Gasteiger partial charge in [0.05, 0.1) is 11.4 Å². The summed E-state index contributed by atoms with van der Waals surface area (Å²) in [6.07, 6.45) is -4.39. The smallest absolute Gasteiger partial charge is 0.404 e. The Morgan fingerprint density at radius 1 is 1.03 bits per heavy atom. The highest BCUT2D eigenvalue weighted by Crippen LogP contribution is 2.42. The molecule has 3 aromatic carbocycles. The Bertz CT molecular complexity index is 1350. The van der Waals surface area contributed by atoms with Crippen molar-refractivity contribution in [2.24, 2.45) is 0 Å². The average molecular weight is 510 g/mol. The van der Waals surface area contributed by atoms with E-state index in [0.29, 0.717) is 23.5 Å². The number of para-hydroxylation sites is 2. The molecule has 37 heavy (non-hydrogen) atoms. The van der Waals surface area contributed by atoms with E-state index in [4.69, 9.17) is 0 Å². The Hall–Kier alpha value is -4.27. The molecule has 2 amide bonds. The van der Waals surface area contributed by atoms with Crippen LogP contribution in [0, 0.1) is 0 Å². The monoisotopic (exact) mass is 509 g/mol. The quantitative estimate of drug-likeness (QED) is 0.389. The van der Waals surface area contributed by atoms with Gasteiger partial charge in [0.1, 0.15) is 0 Å². The summed E-state index contributed by atoms with van der Waals surface area (Å²) in [5.74, 6) is -0.865. The minimum atomic E-state index is -4.81. The molecule has 1 aliphatic rings. The molecule has 6 nitrogen and oxygen atoms in total. The van der Waals surface area contributed by atoms with E-state index in [9.17, 15) is 22.8 Å². The van der Waals surface area contributed by atoms with Crippen molar-refractivity contribution in [3.8, 4) is 16.9 Å². The van der Waals surface area contributed by atoms with Crippen molar-refractivity contribution in [3.05, 3.63) is 84.6 Å². The number of anilines is 3. The first-order valence-electron chi connectivity index (χ1n) is 11.6. The topological polar surface area (TPSA) is 70.7 Å². The lowest BCUT2D eigenvalue weighted by molar-refractivity contribution is -0.274. The molecule has 0 aromatic heterocycles. The number of ether oxygens (including phenoxy) is 1. The van der Waals surface area contributed by atoms with Crippen LogP contribution in [-0.4, -0.2) is 24.7 Å². The van der Waals surface area contributed by atoms with Gasteiger partial charge < -0.3 is 15.4 Å². The van der Waals surface area contributed by atoms with Gasteiger partial charge in [0.15, 0.2) is 5.75 Å². The summed E-state index contributed by atoms with van der Waals surface area (Å²) in [6.45, 7) is 7.25. The van der Waals surface area contributed by atoms with Gasteiger partial charge in [0.25, 0.3) is 0 Å². The van der Waals surface area contributed by atoms with Gasteiger partial charge in [-0.15, -0.1) is 13.2 Å². The molecule has 3 aromatic rings. The first kappa shape index (κ1) is 25.8. The van der Waals surface area contributed by atoms with Gasteiger partial charge in [0, 0.05) is 37.7 Å². The largest absolute Gasteiger partial charge is 0.573 e. The summed E-state index contributed by atoms with van der Waals surface area (Å²) in [6, 6.07) is 18.9. The first-order valence-corrected chi connectivity index (χ1v) is 11.6. The number of alkyl halides is 3. The summed E-state index contributed by atoms with van der Waals surface area (Å²) >= 11 is 0. The third-order valence-corrected chi connectivity index (χ3v) is 5.99. The van der Waals surface area contributed by atoms with E-state index in [2.05, 4.69) is 21.9 Å². The van der Waals surface area contributed by atoms with Crippen molar-refractivity contribution in [1.82, 2.24) is 0 Å². The molecule has 0 radical (unpaired) electrons. The average Bonchev–Trinajstić information content (AvgIpc) is 2.81. The lowest BCUT2D eigenvalue weighted by Gasteiger charge is -2.36. The third-order valence-electron chi connectivity index (χ3n) is 5.99. The standard InChI is InChI=1S/C28H26F3N3O3/c1-17-13-22(16-32-25-9-4-5-10-27(25)37-28(29,30)31)24-15-21(11-12-26(24)34(17)19(3)36)20-7-6-8-23(14-20)33-18(2)35/h4-12,14-15,22,32H,1,13,16H2,2-3H3,(H,33,35)/t22-/m0/s1. The number of nitrogens with zero attached hydrogens (tertiary/aromatic N) is 1. The molecule has 1 atom stereocenters. The van der Waals surface area contributed by atoms with Crippen LogP contribution in [0.5, 0.6) is 5.75 Å². The van der Waals surface area contributed by atoms with Crippen LogP contribution in [0.2, 0.25) is 0 Å². The van der Waals surface area contributed by atoms with Gasteiger partial charge in [-0.3, -0.25) is 14.5 Å². The summed E-state index contributed by atoms with van der Waals surface area (Å²) in [5.41, 5.74) is 4.73. The normalized spacial score (nSPS) is 15.1. The number of benzene rings is 3. The Labute approximate surface area is 212 Å². The maximum atomic E-state index is 12.9. The lowest BCUT2D eigenvalue weighted by atomic mass is 9.86. The number of rotatable bonds is 6. The van der Waals surface area contributed by atoms with Crippen LogP contribution in [0.25, 0.3) is 11.1 Å². The Balaban J connectivity index is 1.68. The molecule has 4 rings (SSSR count).